The Morgan fingerprint density at radius 3 is 2.59 bits per heavy atom. The van der Waals surface area contributed by atoms with E-state index in [1.165, 1.54) is 0 Å². The lowest BCUT2D eigenvalue weighted by Gasteiger charge is -2.28. The molecule has 0 radical (unpaired) electrons. The van der Waals surface area contributed by atoms with Gasteiger partial charge < -0.3 is 14.6 Å². The van der Waals surface area contributed by atoms with E-state index in [0.29, 0.717) is 23.8 Å². The van der Waals surface area contributed by atoms with Crippen molar-refractivity contribution in [2.24, 2.45) is 0 Å². The zero-order chi connectivity index (χ0) is 12.9. The van der Waals surface area contributed by atoms with Crippen LogP contribution in [-0.2, 0) is 4.74 Å². The van der Waals surface area contributed by atoms with E-state index in [4.69, 9.17) is 21.1 Å². The molecule has 0 aliphatic carbocycles. The summed E-state index contributed by atoms with van der Waals surface area (Å²) in [5.41, 5.74) is 0.865. The van der Waals surface area contributed by atoms with Crippen molar-refractivity contribution in [1.82, 2.24) is 0 Å². The molecule has 1 aromatic carbocycles. The highest BCUT2D eigenvalue weighted by molar-refractivity contribution is 6.30. The highest BCUT2D eigenvalue weighted by atomic mass is 35.5. The van der Waals surface area contributed by atoms with E-state index in [1.807, 2.05) is 13.8 Å². The lowest BCUT2D eigenvalue weighted by Crippen LogP contribution is -2.38. The Morgan fingerprint density at radius 1 is 1.35 bits per heavy atom. The summed E-state index contributed by atoms with van der Waals surface area (Å²) in [5, 5.41) is 10.8. The number of aryl methyl sites for hydroxylation is 1. The molecule has 0 fully saturated rings. The molecular formula is C13H19ClO3. The molecule has 17 heavy (non-hydrogen) atoms. The predicted molar refractivity (Wildman–Crippen MR) is 68.3 cm³/mol. The second-order valence-corrected chi connectivity index (χ2v) is 4.36. The second-order valence-electron chi connectivity index (χ2n) is 3.93. The zero-order valence-electron chi connectivity index (χ0n) is 10.5. The van der Waals surface area contributed by atoms with E-state index in [0.717, 1.165) is 12.0 Å². The molecule has 1 unspecified atom stereocenters. The summed E-state index contributed by atoms with van der Waals surface area (Å²) in [6.45, 7) is 6.11. The summed E-state index contributed by atoms with van der Waals surface area (Å²) in [6, 6.07) is 5.24. The SMILES string of the molecule is CCCOC(O)(CC)Oc1ccc(Cl)cc1C. The van der Waals surface area contributed by atoms with Crippen LogP contribution in [0.5, 0.6) is 5.75 Å². The van der Waals surface area contributed by atoms with Gasteiger partial charge in [-0.05, 0) is 37.1 Å². The van der Waals surface area contributed by atoms with Gasteiger partial charge in [0.1, 0.15) is 5.75 Å². The fourth-order valence-corrected chi connectivity index (χ4v) is 1.59. The first-order chi connectivity index (χ1) is 8.00. The van der Waals surface area contributed by atoms with E-state index in [9.17, 15) is 5.11 Å². The Morgan fingerprint density at radius 2 is 2.06 bits per heavy atom. The van der Waals surface area contributed by atoms with E-state index >= 15 is 0 Å². The molecule has 1 aromatic rings. The van der Waals surface area contributed by atoms with E-state index in [1.54, 1.807) is 25.1 Å². The molecule has 1 N–H and O–H groups in total. The fraction of sp³-hybridized carbons (Fsp3) is 0.538. The van der Waals surface area contributed by atoms with Crippen molar-refractivity contribution in [3.63, 3.8) is 0 Å². The van der Waals surface area contributed by atoms with Gasteiger partial charge in [-0.25, -0.2) is 0 Å². The maximum Gasteiger partial charge on any atom is 0.324 e. The minimum absolute atomic E-state index is 0.356. The molecule has 0 aliphatic rings. The zero-order valence-corrected chi connectivity index (χ0v) is 11.3. The molecule has 0 bridgehead atoms. The molecule has 1 atom stereocenters. The van der Waals surface area contributed by atoms with Crippen LogP contribution in [-0.4, -0.2) is 17.7 Å². The molecule has 3 nitrogen and oxygen atoms in total. The number of hydrogen-bond donors (Lipinski definition) is 1. The molecule has 4 heteroatoms. The van der Waals surface area contributed by atoms with Gasteiger partial charge in [0.15, 0.2) is 0 Å². The average molecular weight is 259 g/mol. The van der Waals surface area contributed by atoms with Gasteiger partial charge in [-0.1, -0.05) is 25.4 Å². The van der Waals surface area contributed by atoms with Crippen LogP contribution in [0, 0.1) is 6.92 Å². The Kier molecular flexibility index (Phi) is 5.25. The molecule has 0 saturated heterocycles. The van der Waals surface area contributed by atoms with Gasteiger partial charge in [-0.15, -0.1) is 0 Å². The van der Waals surface area contributed by atoms with Crippen molar-refractivity contribution >= 4 is 11.6 Å². The van der Waals surface area contributed by atoms with Gasteiger partial charge in [0.25, 0.3) is 0 Å². The number of benzene rings is 1. The number of rotatable bonds is 6. The first-order valence-electron chi connectivity index (χ1n) is 5.82. The third kappa shape index (κ3) is 4.19. The average Bonchev–Trinajstić information content (AvgIpc) is 2.30. The lowest BCUT2D eigenvalue weighted by atomic mass is 10.2. The number of halogens is 1. The van der Waals surface area contributed by atoms with Crippen molar-refractivity contribution in [3.05, 3.63) is 28.8 Å². The van der Waals surface area contributed by atoms with Gasteiger partial charge in [0, 0.05) is 11.4 Å². The smallest absolute Gasteiger partial charge is 0.324 e. The lowest BCUT2D eigenvalue weighted by molar-refractivity contribution is -0.320. The Labute approximate surface area is 107 Å². The second kappa shape index (κ2) is 6.24. The van der Waals surface area contributed by atoms with Crippen LogP contribution in [0.15, 0.2) is 18.2 Å². The van der Waals surface area contributed by atoms with Crippen LogP contribution in [0.4, 0.5) is 0 Å². The van der Waals surface area contributed by atoms with Crippen molar-refractivity contribution in [1.29, 1.82) is 0 Å². The maximum absolute atomic E-state index is 10.1. The van der Waals surface area contributed by atoms with Crippen LogP contribution >= 0.6 is 11.6 Å². The molecular weight excluding hydrogens is 240 g/mol. The third-order valence-electron chi connectivity index (χ3n) is 2.38. The van der Waals surface area contributed by atoms with Gasteiger partial charge in [-0.3, -0.25) is 0 Å². The van der Waals surface area contributed by atoms with Crippen molar-refractivity contribution < 1.29 is 14.6 Å². The number of ether oxygens (including phenoxy) is 2. The standard InChI is InChI=1S/C13H19ClO3/c1-4-8-16-13(15,5-2)17-12-7-6-11(14)9-10(12)3/h6-7,9,15H,4-5,8H2,1-3H3. The fourth-order valence-electron chi connectivity index (χ4n) is 1.36. The van der Waals surface area contributed by atoms with Gasteiger partial charge in [-0.2, -0.15) is 0 Å². The Balaban J connectivity index is 2.79. The molecule has 1 rings (SSSR count). The van der Waals surface area contributed by atoms with Gasteiger partial charge in [0.05, 0.1) is 6.61 Å². The van der Waals surface area contributed by atoms with E-state index in [2.05, 4.69) is 0 Å². The molecule has 0 saturated carbocycles. The number of hydrogen-bond acceptors (Lipinski definition) is 3. The maximum atomic E-state index is 10.1. The summed E-state index contributed by atoms with van der Waals surface area (Å²) in [7, 11) is 0. The Bertz CT molecular complexity index is 368. The highest BCUT2D eigenvalue weighted by Crippen LogP contribution is 2.26. The van der Waals surface area contributed by atoms with Crippen molar-refractivity contribution in [3.8, 4) is 5.75 Å². The first kappa shape index (κ1) is 14.3. The van der Waals surface area contributed by atoms with Gasteiger partial charge >= 0.3 is 5.97 Å². The number of aliphatic hydroxyl groups is 1. The summed E-state index contributed by atoms with van der Waals surface area (Å²) in [5.74, 6) is -0.982. The largest absolute Gasteiger partial charge is 0.439 e. The summed E-state index contributed by atoms with van der Waals surface area (Å²) >= 11 is 5.86. The predicted octanol–water partition coefficient (Wildman–Crippen LogP) is 3.51. The summed E-state index contributed by atoms with van der Waals surface area (Å²) in [6.07, 6.45) is 1.18. The third-order valence-corrected chi connectivity index (χ3v) is 2.62. The van der Waals surface area contributed by atoms with Crippen LogP contribution in [0.1, 0.15) is 32.3 Å². The van der Waals surface area contributed by atoms with E-state index < -0.39 is 5.97 Å². The highest BCUT2D eigenvalue weighted by Gasteiger charge is 2.28. The molecule has 0 heterocycles. The molecule has 0 amide bonds. The molecule has 0 aliphatic heterocycles. The Hall–Kier alpha value is -0.770. The monoisotopic (exact) mass is 258 g/mol. The summed E-state index contributed by atoms with van der Waals surface area (Å²) < 4.78 is 10.8. The van der Waals surface area contributed by atoms with Crippen LogP contribution < -0.4 is 4.74 Å². The van der Waals surface area contributed by atoms with E-state index in [-0.39, 0.29) is 0 Å². The summed E-state index contributed by atoms with van der Waals surface area (Å²) in [4.78, 5) is 0. The normalized spacial score (nSPS) is 14.4. The van der Waals surface area contributed by atoms with Crippen molar-refractivity contribution in [2.75, 3.05) is 6.61 Å². The topological polar surface area (TPSA) is 38.7 Å². The van der Waals surface area contributed by atoms with Gasteiger partial charge in [0.2, 0.25) is 0 Å². The van der Waals surface area contributed by atoms with Crippen molar-refractivity contribution in [2.45, 2.75) is 39.6 Å². The van der Waals surface area contributed by atoms with Crippen LogP contribution in [0.3, 0.4) is 0 Å². The minimum Gasteiger partial charge on any atom is -0.439 e. The molecule has 0 aromatic heterocycles. The minimum atomic E-state index is -1.56. The first-order valence-corrected chi connectivity index (χ1v) is 6.20. The van der Waals surface area contributed by atoms with Crippen LogP contribution in [0.2, 0.25) is 5.02 Å². The molecule has 0 spiro atoms. The molecule has 96 valence electrons. The van der Waals surface area contributed by atoms with Crippen LogP contribution in [0.25, 0.3) is 0 Å². The quantitative estimate of drug-likeness (QED) is 0.794.